The second kappa shape index (κ2) is 5.39. The van der Waals surface area contributed by atoms with Crippen molar-refractivity contribution in [3.63, 3.8) is 0 Å². The summed E-state index contributed by atoms with van der Waals surface area (Å²) in [6, 6.07) is 0. The fraction of sp³-hybridized carbons (Fsp3) is 0.850. The Morgan fingerprint density at radius 1 is 1.12 bits per heavy atom. The molecule has 2 fully saturated rings. The van der Waals surface area contributed by atoms with Crippen LogP contribution in [0.25, 0.3) is 0 Å². The molecular formula is C20H32O4. The number of carbonyl (C=O) groups is 1. The predicted molar refractivity (Wildman–Crippen MR) is 92.2 cm³/mol. The van der Waals surface area contributed by atoms with Gasteiger partial charge >= 0.3 is 0 Å². The summed E-state index contributed by atoms with van der Waals surface area (Å²) in [4.78, 5) is 13.1. The molecule has 136 valence electrons. The van der Waals surface area contributed by atoms with Crippen LogP contribution < -0.4 is 0 Å². The first kappa shape index (κ1) is 18.1. The van der Waals surface area contributed by atoms with E-state index in [0.29, 0.717) is 23.8 Å². The minimum Gasteiger partial charge on any atom is -0.388 e. The lowest BCUT2D eigenvalue weighted by Crippen LogP contribution is -2.43. The van der Waals surface area contributed by atoms with Crippen LogP contribution in [0.3, 0.4) is 0 Å². The van der Waals surface area contributed by atoms with E-state index in [0.717, 1.165) is 12.8 Å². The van der Waals surface area contributed by atoms with Gasteiger partial charge in [-0.15, -0.1) is 0 Å². The Morgan fingerprint density at radius 3 is 2.38 bits per heavy atom. The number of aliphatic hydroxyl groups excluding tert-OH is 1. The Balaban J connectivity index is 2.02. The van der Waals surface area contributed by atoms with Crippen molar-refractivity contribution in [1.82, 2.24) is 0 Å². The number of aliphatic hydroxyl groups is 3. The topological polar surface area (TPSA) is 77.8 Å². The van der Waals surface area contributed by atoms with Crippen LogP contribution in [0.1, 0.15) is 60.3 Å². The first-order valence-corrected chi connectivity index (χ1v) is 9.30. The van der Waals surface area contributed by atoms with Crippen LogP contribution >= 0.6 is 0 Å². The maximum absolute atomic E-state index is 13.1. The van der Waals surface area contributed by atoms with Crippen molar-refractivity contribution in [2.75, 3.05) is 0 Å². The Labute approximate surface area is 145 Å². The van der Waals surface area contributed by atoms with Crippen molar-refractivity contribution >= 4 is 5.78 Å². The zero-order chi connectivity index (χ0) is 18.1. The van der Waals surface area contributed by atoms with Gasteiger partial charge < -0.3 is 15.3 Å². The molecule has 3 aliphatic rings. The van der Waals surface area contributed by atoms with Crippen molar-refractivity contribution in [3.8, 4) is 0 Å². The molecule has 2 saturated carbocycles. The van der Waals surface area contributed by atoms with Gasteiger partial charge in [-0.05, 0) is 67.4 Å². The second-order valence-corrected chi connectivity index (χ2v) is 9.52. The molecule has 0 aromatic carbocycles. The average Bonchev–Trinajstić information content (AvgIpc) is 2.91. The van der Waals surface area contributed by atoms with Gasteiger partial charge in [-0.25, -0.2) is 0 Å². The molecule has 3 aliphatic carbocycles. The molecule has 24 heavy (non-hydrogen) atoms. The molecule has 0 unspecified atom stereocenters. The van der Waals surface area contributed by atoms with Crippen molar-refractivity contribution < 1.29 is 20.1 Å². The first-order valence-electron chi connectivity index (χ1n) is 9.30. The normalized spacial score (nSPS) is 51.2. The van der Waals surface area contributed by atoms with Crippen LogP contribution in [-0.2, 0) is 4.79 Å². The van der Waals surface area contributed by atoms with Crippen LogP contribution in [0.2, 0.25) is 0 Å². The molecule has 0 bridgehead atoms. The maximum Gasteiger partial charge on any atom is 0.171 e. The van der Waals surface area contributed by atoms with Crippen LogP contribution in [0, 0.1) is 29.1 Å². The molecule has 3 rings (SSSR count). The van der Waals surface area contributed by atoms with E-state index in [1.54, 1.807) is 13.0 Å². The van der Waals surface area contributed by atoms with Crippen molar-refractivity contribution in [2.24, 2.45) is 29.1 Å². The molecule has 4 heteroatoms. The average molecular weight is 336 g/mol. The molecule has 0 saturated heterocycles. The summed E-state index contributed by atoms with van der Waals surface area (Å²) in [6.07, 6.45) is 3.20. The number of rotatable bonds is 0. The molecule has 0 heterocycles. The summed E-state index contributed by atoms with van der Waals surface area (Å²) in [5, 5.41) is 32.5. The molecule has 0 aromatic heterocycles. The van der Waals surface area contributed by atoms with E-state index in [2.05, 4.69) is 13.8 Å². The van der Waals surface area contributed by atoms with Gasteiger partial charge in [-0.1, -0.05) is 27.7 Å². The third-order valence-electron chi connectivity index (χ3n) is 7.13. The molecule has 7 atom stereocenters. The largest absolute Gasteiger partial charge is 0.388 e. The van der Waals surface area contributed by atoms with Crippen molar-refractivity contribution in [1.29, 1.82) is 0 Å². The highest BCUT2D eigenvalue weighted by Crippen LogP contribution is 2.63. The highest BCUT2D eigenvalue weighted by molar-refractivity contribution is 5.93. The van der Waals surface area contributed by atoms with E-state index >= 15 is 0 Å². The molecule has 0 amide bonds. The summed E-state index contributed by atoms with van der Waals surface area (Å²) in [5.41, 5.74) is -2.25. The molecule has 0 aliphatic heterocycles. The molecule has 0 aromatic rings. The van der Waals surface area contributed by atoms with Crippen LogP contribution in [-0.4, -0.2) is 38.4 Å². The Hall–Kier alpha value is -0.710. The van der Waals surface area contributed by atoms with Gasteiger partial charge in [0.1, 0.15) is 5.60 Å². The van der Waals surface area contributed by atoms with Crippen molar-refractivity contribution in [2.45, 2.75) is 77.6 Å². The van der Waals surface area contributed by atoms with Crippen LogP contribution in [0.4, 0.5) is 0 Å². The number of fused-ring (bicyclic) bond motifs is 2. The number of Topliss-reactive ketones (excluding diaryl/α,β-unsaturated/α-hetero) is 1. The molecule has 0 spiro atoms. The minimum absolute atomic E-state index is 0.193. The lowest BCUT2D eigenvalue weighted by atomic mass is 9.80. The zero-order valence-corrected chi connectivity index (χ0v) is 15.5. The van der Waals surface area contributed by atoms with E-state index in [4.69, 9.17) is 0 Å². The zero-order valence-electron chi connectivity index (χ0n) is 15.5. The smallest absolute Gasteiger partial charge is 0.171 e. The van der Waals surface area contributed by atoms with Gasteiger partial charge in [0.05, 0.1) is 11.7 Å². The highest BCUT2D eigenvalue weighted by atomic mass is 16.3. The monoisotopic (exact) mass is 336 g/mol. The minimum atomic E-state index is -1.64. The quantitative estimate of drug-likeness (QED) is 0.594. The lowest BCUT2D eigenvalue weighted by Gasteiger charge is -2.30. The molecule has 3 N–H and O–H groups in total. The lowest BCUT2D eigenvalue weighted by molar-refractivity contribution is -0.138. The standard InChI is InChI=1S/C20H32O4/c1-11-8-14-13(18(14,3)4)6-7-19(5,23)10-15-16(21)12(2)9-20(15,24)17(11)22/h10-14,16,21,23-24H,6-9H2,1-5H3/t11-,12+,13+,14-,16-,19+,20+/m1/s1. The second-order valence-electron chi connectivity index (χ2n) is 9.52. The molecular weight excluding hydrogens is 304 g/mol. The summed E-state index contributed by atoms with van der Waals surface area (Å²) in [6.45, 7) is 9.92. The first-order chi connectivity index (χ1) is 10.9. The summed E-state index contributed by atoms with van der Waals surface area (Å²) < 4.78 is 0. The number of carbonyl (C=O) groups excluding carboxylic acids is 1. The molecule has 0 radical (unpaired) electrons. The number of ketones is 1. The van der Waals surface area contributed by atoms with Gasteiger partial charge in [-0.2, -0.15) is 0 Å². The maximum atomic E-state index is 13.1. The van der Waals surface area contributed by atoms with E-state index in [1.807, 2.05) is 13.8 Å². The summed E-state index contributed by atoms with van der Waals surface area (Å²) >= 11 is 0. The third-order valence-corrected chi connectivity index (χ3v) is 7.13. The van der Waals surface area contributed by atoms with E-state index in [1.165, 1.54) is 0 Å². The fourth-order valence-corrected chi connectivity index (χ4v) is 5.34. The van der Waals surface area contributed by atoms with Gasteiger partial charge in [0.2, 0.25) is 0 Å². The summed E-state index contributed by atoms with van der Waals surface area (Å²) in [5.74, 6) is 0.334. The van der Waals surface area contributed by atoms with Gasteiger partial charge in [0.15, 0.2) is 5.78 Å². The highest BCUT2D eigenvalue weighted by Gasteiger charge is 2.59. The Bertz CT molecular complexity index is 576. The number of hydrogen-bond acceptors (Lipinski definition) is 4. The van der Waals surface area contributed by atoms with E-state index in [-0.39, 0.29) is 29.5 Å². The fourth-order valence-electron chi connectivity index (χ4n) is 5.34. The summed E-state index contributed by atoms with van der Waals surface area (Å²) in [7, 11) is 0. The van der Waals surface area contributed by atoms with Crippen LogP contribution in [0.15, 0.2) is 11.6 Å². The van der Waals surface area contributed by atoms with Gasteiger partial charge in [0, 0.05) is 5.92 Å². The van der Waals surface area contributed by atoms with E-state index < -0.39 is 17.3 Å². The Kier molecular flexibility index (Phi) is 4.06. The van der Waals surface area contributed by atoms with Crippen LogP contribution in [0.5, 0.6) is 0 Å². The van der Waals surface area contributed by atoms with E-state index in [9.17, 15) is 20.1 Å². The van der Waals surface area contributed by atoms with Gasteiger partial charge in [0.25, 0.3) is 0 Å². The van der Waals surface area contributed by atoms with Crippen molar-refractivity contribution in [3.05, 3.63) is 11.6 Å². The number of hydrogen-bond donors (Lipinski definition) is 3. The Morgan fingerprint density at radius 2 is 1.75 bits per heavy atom. The SMILES string of the molecule is C[C@@H]1C[C@@H]2[C@H](CC[C@](C)(O)C=C3[C@H](O)[C@@H](C)C[C@@]3(O)C1=O)C2(C)C. The predicted octanol–water partition coefficient (Wildman–Crippen LogP) is 2.46. The molecule has 4 nitrogen and oxygen atoms in total. The third kappa shape index (κ3) is 2.67. The van der Waals surface area contributed by atoms with Gasteiger partial charge in [-0.3, -0.25) is 4.79 Å².